The fraction of sp³-hybridized carbons (Fsp3) is 0.444. The van der Waals surface area contributed by atoms with Crippen molar-refractivity contribution in [2.45, 2.75) is 17.9 Å². The maximum absolute atomic E-state index is 11.3. The Balaban J connectivity index is 2.70. The zero-order valence-electron chi connectivity index (χ0n) is 7.63. The molecule has 0 spiro atoms. The van der Waals surface area contributed by atoms with Crippen LogP contribution in [0.25, 0.3) is 0 Å². The molecular weight excluding hydrogens is 281 g/mol. The Labute approximate surface area is 91.4 Å². The number of hydrogen-bond acceptors (Lipinski definition) is 3. The van der Waals surface area contributed by atoms with Gasteiger partial charge in [0.1, 0.15) is 5.70 Å². The molecule has 0 aromatic rings. The molecule has 1 aliphatic heterocycles. The van der Waals surface area contributed by atoms with Crippen molar-refractivity contribution in [2.75, 3.05) is 6.61 Å². The van der Waals surface area contributed by atoms with E-state index in [0.29, 0.717) is 12.3 Å². The molecule has 0 saturated carbocycles. The van der Waals surface area contributed by atoms with Gasteiger partial charge in [-0.2, -0.15) is 0 Å². The van der Waals surface area contributed by atoms with Crippen molar-refractivity contribution in [3.05, 3.63) is 23.4 Å². The third-order valence-corrected chi connectivity index (χ3v) is 2.24. The summed E-state index contributed by atoms with van der Waals surface area (Å²) >= 11 is 2.21. The molecule has 1 heterocycles. The van der Waals surface area contributed by atoms with Gasteiger partial charge in [-0.1, -0.05) is 22.6 Å². The number of esters is 1. The average Bonchev–Trinajstić information content (AvgIpc) is 2.03. The summed E-state index contributed by atoms with van der Waals surface area (Å²) in [7, 11) is 0. The lowest BCUT2D eigenvalue weighted by Crippen LogP contribution is -2.29. The number of alkyl halides is 1. The van der Waals surface area contributed by atoms with E-state index in [1.807, 2.05) is 13.0 Å². The number of ether oxygens (including phenoxy) is 1. The lowest BCUT2D eigenvalue weighted by atomic mass is 10.2. The van der Waals surface area contributed by atoms with E-state index in [4.69, 9.17) is 4.74 Å². The molecule has 1 unspecified atom stereocenters. The van der Waals surface area contributed by atoms with Crippen molar-refractivity contribution in [2.24, 2.45) is 0 Å². The lowest BCUT2D eigenvalue weighted by molar-refractivity contribution is -0.138. The highest BCUT2D eigenvalue weighted by atomic mass is 127. The second-order valence-corrected chi connectivity index (χ2v) is 4.08. The van der Waals surface area contributed by atoms with E-state index in [2.05, 4.69) is 27.9 Å². The fourth-order valence-corrected chi connectivity index (χ4v) is 1.97. The van der Waals surface area contributed by atoms with Crippen molar-refractivity contribution >= 4 is 28.6 Å². The molecule has 4 heteroatoms. The van der Waals surface area contributed by atoms with Crippen LogP contribution < -0.4 is 5.32 Å². The number of carbonyl (C=O) groups is 1. The van der Waals surface area contributed by atoms with Gasteiger partial charge >= 0.3 is 5.97 Å². The molecule has 1 N–H and O–H groups in total. The van der Waals surface area contributed by atoms with Gasteiger partial charge in [0.2, 0.25) is 0 Å². The van der Waals surface area contributed by atoms with Crippen LogP contribution in [-0.2, 0) is 9.53 Å². The zero-order chi connectivity index (χ0) is 9.84. The molecule has 13 heavy (non-hydrogen) atoms. The van der Waals surface area contributed by atoms with Crippen LogP contribution in [0.15, 0.2) is 23.4 Å². The maximum atomic E-state index is 11.3. The fourth-order valence-electron chi connectivity index (χ4n) is 1.07. The molecule has 0 aromatic heterocycles. The molecule has 0 aromatic carbocycles. The van der Waals surface area contributed by atoms with Crippen molar-refractivity contribution in [1.82, 2.24) is 5.32 Å². The number of rotatable bonds is 2. The number of dihydropyridines is 1. The van der Waals surface area contributed by atoms with Gasteiger partial charge in [0, 0.05) is 0 Å². The molecule has 1 aliphatic rings. The summed E-state index contributed by atoms with van der Waals surface area (Å²) < 4.78 is 5.05. The van der Waals surface area contributed by atoms with Gasteiger partial charge in [0.25, 0.3) is 0 Å². The first kappa shape index (κ1) is 10.6. The largest absolute Gasteiger partial charge is 0.461 e. The van der Waals surface area contributed by atoms with E-state index in [1.54, 1.807) is 13.0 Å². The minimum Gasteiger partial charge on any atom is -0.461 e. The number of carbonyl (C=O) groups excluding carboxylic acids is 1. The summed E-state index contributed by atoms with van der Waals surface area (Å²) in [4.78, 5) is 11.3. The third kappa shape index (κ3) is 3.02. The molecule has 3 nitrogen and oxygen atoms in total. The summed E-state index contributed by atoms with van der Waals surface area (Å²) in [6, 6.07) is 0. The Bertz CT molecular complexity index is 271. The minimum atomic E-state index is -0.281. The summed E-state index contributed by atoms with van der Waals surface area (Å²) in [5.41, 5.74) is 1.63. The molecule has 0 bridgehead atoms. The number of nitrogens with one attached hydrogen (secondary N) is 1. The van der Waals surface area contributed by atoms with Gasteiger partial charge < -0.3 is 10.1 Å². The van der Waals surface area contributed by atoms with Crippen LogP contribution in [0.4, 0.5) is 0 Å². The van der Waals surface area contributed by atoms with Gasteiger partial charge in [0.05, 0.1) is 10.7 Å². The molecule has 1 rings (SSSR count). The molecule has 0 amide bonds. The normalized spacial score (nSPS) is 21.3. The standard InChI is InChI=1S/C9H12INO2/c1-3-13-9(12)7-4-6(2)5-8(10)11-7/h4-5,8,11H,3H2,1-2H3. The predicted molar refractivity (Wildman–Crippen MR) is 59.4 cm³/mol. The van der Waals surface area contributed by atoms with E-state index in [-0.39, 0.29) is 10.0 Å². The van der Waals surface area contributed by atoms with Gasteiger partial charge in [-0.15, -0.1) is 0 Å². The predicted octanol–water partition coefficient (Wildman–Crippen LogP) is 1.74. The highest BCUT2D eigenvalue weighted by Gasteiger charge is 2.16. The van der Waals surface area contributed by atoms with Crippen LogP contribution in [0.1, 0.15) is 13.8 Å². The maximum Gasteiger partial charge on any atom is 0.354 e. The number of halogens is 1. The monoisotopic (exact) mass is 293 g/mol. The Morgan fingerprint density at radius 1 is 1.77 bits per heavy atom. The average molecular weight is 293 g/mol. The highest BCUT2D eigenvalue weighted by Crippen LogP contribution is 2.14. The van der Waals surface area contributed by atoms with Crippen LogP contribution in [0.2, 0.25) is 0 Å². The molecule has 0 radical (unpaired) electrons. The van der Waals surface area contributed by atoms with Gasteiger partial charge in [0.15, 0.2) is 0 Å². The minimum absolute atomic E-state index is 0.169. The molecule has 72 valence electrons. The SMILES string of the molecule is CCOC(=O)C1=CC(C)=CC(I)N1. The van der Waals surface area contributed by atoms with Crippen molar-refractivity contribution in [1.29, 1.82) is 0 Å². The Kier molecular flexibility index (Phi) is 3.77. The Morgan fingerprint density at radius 3 is 3.00 bits per heavy atom. The Morgan fingerprint density at radius 2 is 2.46 bits per heavy atom. The first-order valence-corrected chi connectivity index (χ1v) is 5.36. The summed E-state index contributed by atoms with van der Waals surface area (Å²) in [5, 5.41) is 3.03. The van der Waals surface area contributed by atoms with Crippen LogP contribution in [0, 0.1) is 0 Å². The second kappa shape index (κ2) is 4.64. The molecule has 1 atom stereocenters. The first-order chi connectivity index (χ1) is 6.13. The van der Waals surface area contributed by atoms with Gasteiger partial charge in [-0.25, -0.2) is 4.79 Å². The molecule has 0 aliphatic carbocycles. The first-order valence-electron chi connectivity index (χ1n) is 4.11. The van der Waals surface area contributed by atoms with Gasteiger partial charge in [-0.3, -0.25) is 0 Å². The molecule has 0 fully saturated rings. The smallest absolute Gasteiger partial charge is 0.354 e. The summed E-state index contributed by atoms with van der Waals surface area (Å²) in [6.07, 6.45) is 3.84. The van der Waals surface area contributed by atoms with Crippen LogP contribution >= 0.6 is 22.6 Å². The quantitative estimate of drug-likeness (QED) is 0.365. The number of allylic oxidation sites excluding steroid dienone is 2. The molecule has 0 saturated heterocycles. The van der Waals surface area contributed by atoms with Crippen LogP contribution in [-0.4, -0.2) is 16.6 Å². The van der Waals surface area contributed by atoms with E-state index < -0.39 is 0 Å². The van der Waals surface area contributed by atoms with E-state index in [9.17, 15) is 4.79 Å². The summed E-state index contributed by atoms with van der Waals surface area (Å²) in [5.74, 6) is -0.281. The number of hydrogen-bond donors (Lipinski definition) is 1. The van der Waals surface area contributed by atoms with Crippen LogP contribution in [0.5, 0.6) is 0 Å². The van der Waals surface area contributed by atoms with Crippen molar-refractivity contribution in [3.63, 3.8) is 0 Å². The van der Waals surface area contributed by atoms with E-state index in [1.165, 1.54) is 0 Å². The van der Waals surface area contributed by atoms with E-state index >= 15 is 0 Å². The van der Waals surface area contributed by atoms with Crippen LogP contribution in [0.3, 0.4) is 0 Å². The second-order valence-electron chi connectivity index (χ2n) is 2.74. The lowest BCUT2D eigenvalue weighted by Gasteiger charge is -2.17. The highest BCUT2D eigenvalue weighted by molar-refractivity contribution is 14.1. The molecular formula is C9H12INO2. The van der Waals surface area contributed by atoms with Crippen molar-refractivity contribution < 1.29 is 9.53 Å². The topological polar surface area (TPSA) is 38.3 Å². The summed E-state index contributed by atoms with van der Waals surface area (Å²) in [6.45, 7) is 4.17. The van der Waals surface area contributed by atoms with Gasteiger partial charge in [-0.05, 0) is 31.6 Å². The Hall–Kier alpha value is -0.520. The third-order valence-electron chi connectivity index (χ3n) is 1.57. The van der Waals surface area contributed by atoms with E-state index in [0.717, 1.165) is 5.57 Å². The van der Waals surface area contributed by atoms with Crippen molar-refractivity contribution in [3.8, 4) is 0 Å². The zero-order valence-corrected chi connectivity index (χ0v) is 9.79.